The maximum absolute atomic E-state index is 12.9. The van der Waals surface area contributed by atoms with Crippen LogP contribution in [0.15, 0.2) is 71.9 Å². The molecule has 0 atom stereocenters. The quantitative estimate of drug-likeness (QED) is 0.588. The minimum Gasteiger partial charge on any atom is -0.494 e. The second-order valence-corrected chi connectivity index (χ2v) is 9.04. The van der Waals surface area contributed by atoms with E-state index in [1.54, 1.807) is 52.2 Å². The van der Waals surface area contributed by atoms with Crippen molar-refractivity contribution in [3.63, 3.8) is 0 Å². The lowest BCUT2D eigenvalue weighted by Crippen LogP contribution is -2.50. The summed E-state index contributed by atoms with van der Waals surface area (Å²) in [6, 6.07) is 15.5. The zero-order valence-corrected chi connectivity index (χ0v) is 18.0. The summed E-state index contributed by atoms with van der Waals surface area (Å²) in [6.07, 6.45) is 3.53. The van der Waals surface area contributed by atoms with Crippen molar-refractivity contribution in [1.82, 2.24) is 19.0 Å². The third-order valence-electron chi connectivity index (χ3n) is 5.18. The van der Waals surface area contributed by atoms with E-state index in [1.807, 2.05) is 31.3 Å². The lowest BCUT2D eigenvalue weighted by molar-refractivity contribution is 0.0698. The highest BCUT2D eigenvalue weighted by atomic mass is 32.2. The molecule has 0 aliphatic carbocycles. The maximum atomic E-state index is 12.9. The maximum Gasteiger partial charge on any atom is 0.253 e. The van der Waals surface area contributed by atoms with Crippen molar-refractivity contribution >= 4 is 15.9 Å². The fraction of sp³-hybridized carbons (Fsp3) is 0.273. The Bertz CT molecular complexity index is 1120. The first-order valence-electron chi connectivity index (χ1n) is 10.1. The van der Waals surface area contributed by atoms with Crippen LogP contribution in [-0.2, 0) is 10.0 Å². The number of hydrogen-bond acceptors (Lipinski definition) is 5. The van der Waals surface area contributed by atoms with Gasteiger partial charge in [0.05, 0.1) is 17.2 Å². The summed E-state index contributed by atoms with van der Waals surface area (Å²) in [7, 11) is -3.61. The molecule has 31 heavy (non-hydrogen) atoms. The van der Waals surface area contributed by atoms with Crippen LogP contribution >= 0.6 is 0 Å². The number of rotatable bonds is 6. The van der Waals surface area contributed by atoms with Crippen LogP contribution < -0.4 is 4.74 Å². The van der Waals surface area contributed by atoms with Crippen LogP contribution in [0.4, 0.5) is 0 Å². The van der Waals surface area contributed by atoms with Crippen LogP contribution in [0.25, 0.3) is 5.69 Å². The molecule has 0 bridgehead atoms. The van der Waals surface area contributed by atoms with E-state index in [-0.39, 0.29) is 23.9 Å². The van der Waals surface area contributed by atoms with Crippen LogP contribution in [-0.4, -0.2) is 66.1 Å². The van der Waals surface area contributed by atoms with Crippen LogP contribution in [0.1, 0.15) is 17.3 Å². The normalized spacial score (nSPS) is 15.1. The van der Waals surface area contributed by atoms with Crippen molar-refractivity contribution in [1.29, 1.82) is 0 Å². The van der Waals surface area contributed by atoms with E-state index in [0.29, 0.717) is 31.0 Å². The minimum absolute atomic E-state index is 0.106. The monoisotopic (exact) mass is 440 g/mol. The molecule has 0 spiro atoms. The van der Waals surface area contributed by atoms with Gasteiger partial charge in [0.25, 0.3) is 5.91 Å². The number of ether oxygens (including phenoxy) is 1. The van der Waals surface area contributed by atoms with Crippen molar-refractivity contribution in [2.45, 2.75) is 11.8 Å². The zero-order chi connectivity index (χ0) is 21.8. The van der Waals surface area contributed by atoms with Gasteiger partial charge in [0.1, 0.15) is 5.75 Å². The minimum atomic E-state index is -3.61. The molecular formula is C22H24N4O4S. The van der Waals surface area contributed by atoms with E-state index in [2.05, 4.69) is 5.10 Å². The first kappa shape index (κ1) is 21.1. The lowest BCUT2D eigenvalue weighted by Gasteiger charge is -2.34. The Morgan fingerprint density at radius 1 is 1.00 bits per heavy atom. The molecule has 1 aliphatic heterocycles. The molecule has 0 saturated carbocycles. The number of amides is 1. The highest BCUT2D eigenvalue weighted by Crippen LogP contribution is 2.21. The molecular weight excluding hydrogens is 416 g/mol. The van der Waals surface area contributed by atoms with Crippen molar-refractivity contribution in [2.24, 2.45) is 0 Å². The number of hydrogen-bond donors (Lipinski definition) is 0. The van der Waals surface area contributed by atoms with Crippen molar-refractivity contribution in [2.75, 3.05) is 32.8 Å². The summed E-state index contributed by atoms with van der Waals surface area (Å²) in [6.45, 7) is 3.60. The molecule has 0 unspecified atom stereocenters. The molecule has 1 saturated heterocycles. The Morgan fingerprint density at radius 2 is 1.68 bits per heavy atom. The highest BCUT2D eigenvalue weighted by Gasteiger charge is 2.30. The van der Waals surface area contributed by atoms with Gasteiger partial charge < -0.3 is 9.64 Å². The van der Waals surface area contributed by atoms with Crippen molar-refractivity contribution in [3.8, 4) is 11.4 Å². The van der Waals surface area contributed by atoms with E-state index in [4.69, 9.17) is 4.74 Å². The Morgan fingerprint density at radius 3 is 2.26 bits per heavy atom. The van der Waals surface area contributed by atoms with Gasteiger partial charge in [-0.15, -0.1) is 0 Å². The predicted octanol–water partition coefficient (Wildman–Crippen LogP) is 2.42. The second kappa shape index (κ2) is 8.91. The van der Waals surface area contributed by atoms with Gasteiger partial charge in [-0.05, 0) is 61.5 Å². The number of piperazine rings is 1. The Hall–Kier alpha value is -3.17. The van der Waals surface area contributed by atoms with Crippen LogP contribution in [0.3, 0.4) is 0 Å². The van der Waals surface area contributed by atoms with E-state index in [0.717, 1.165) is 5.69 Å². The SMILES string of the molecule is CCOc1ccc(S(=O)(=O)N2CCN(C(=O)c3ccc(-n4cccn4)cc3)CC2)cc1. The standard InChI is InChI=1S/C22H24N4O4S/c1-2-30-20-8-10-21(11-9-20)31(28,29)25-16-14-24(15-17-25)22(27)18-4-6-19(7-5-18)26-13-3-12-23-26/h3-13H,2,14-17H2,1H3. The first-order valence-corrected chi connectivity index (χ1v) is 11.6. The van der Waals surface area contributed by atoms with Gasteiger partial charge in [-0.1, -0.05) is 0 Å². The van der Waals surface area contributed by atoms with Gasteiger partial charge in [-0.25, -0.2) is 13.1 Å². The molecule has 9 heteroatoms. The average Bonchev–Trinajstić information content (AvgIpc) is 3.34. The molecule has 4 rings (SSSR count). The topological polar surface area (TPSA) is 84.7 Å². The number of sulfonamides is 1. The molecule has 8 nitrogen and oxygen atoms in total. The van der Waals surface area contributed by atoms with Crippen LogP contribution in [0.5, 0.6) is 5.75 Å². The summed E-state index contributed by atoms with van der Waals surface area (Å²) in [5.41, 5.74) is 1.44. The number of carbonyl (C=O) groups excluding carboxylic acids is 1. The smallest absolute Gasteiger partial charge is 0.253 e. The van der Waals surface area contributed by atoms with Crippen LogP contribution in [0.2, 0.25) is 0 Å². The fourth-order valence-corrected chi connectivity index (χ4v) is 4.94. The van der Waals surface area contributed by atoms with Crippen molar-refractivity contribution < 1.29 is 17.9 Å². The number of nitrogens with zero attached hydrogens (tertiary/aromatic N) is 4. The fourth-order valence-electron chi connectivity index (χ4n) is 3.52. The molecule has 0 N–H and O–H groups in total. The molecule has 0 radical (unpaired) electrons. The third-order valence-corrected chi connectivity index (χ3v) is 7.09. The van der Waals surface area contributed by atoms with Gasteiger partial charge in [0.15, 0.2) is 0 Å². The molecule has 2 aromatic carbocycles. The van der Waals surface area contributed by atoms with Gasteiger partial charge in [-0.2, -0.15) is 9.40 Å². The number of benzene rings is 2. The highest BCUT2D eigenvalue weighted by molar-refractivity contribution is 7.89. The second-order valence-electron chi connectivity index (χ2n) is 7.10. The Labute approximate surface area is 181 Å². The molecule has 3 aromatic rings. The van der Waals surface area contributed by atoms with Crippen LogP contribution in [0, 0.1) is 0 Å². The number of aromatic nitrogens is 2. The van der Waals surface area contributed by atoms with E-state index < -0.39 is 10.0 Å². The number of carbonyl (C=O) groups is 1. The molecule has 1 amide bonds. The van der Waals surface area contributed by atoms with E-state index >= 15 is 0 Å². The zero-order valence-electron chi connectivity index (χ0n) is 17.2. The third kappa shape index (κ3) is 4.47. The summed E-state index contributed by atoms with van der Waals surface area (Å²) >= 11 is 0. The van der Waals surface area contributed by atoms with Gasteiger partial charge >= 0.3 is 0 Å². The van der Waals surface area contributed by atoms with Gasteiger partial charge in [0, 0.05) is 44.1 Å². The summed E-state index contributed by atoms with van der Waals surface area (Å²) < 4.78 is 34.4. The Kier molecular flexibility index (Phi) is 6.06. The average molecular weight is 441 g/mol. The summed E-state index contributed by atoms with van der Waals surface area (Å²) in [4.78, 5) is 14.8. The van der Waals surface area contributed by atoms with Gasteiger partial charge in [0.2, 0.25) is 10.0 Å². The molecule has 1 aromatic heterocycles. The molecule has 1 aliphatic rings. The largest absolute Gasteiger partial charge is 0.494 e. The Balaban J connectivity index is 1.39. The summed E-state index contributed by atoms with van der Waals surface area (Å²) in [5, 5.41) is 4.17. The lowest BCUT2D eigenvalue weighted by atomic mass is 10.1. The predicted molar refractivity (Wildman–Crippen MR) is 116 cm³/mol. The molecule has 2 heterocycles. The molecule has 162 valence electrons. The van der Waals surface area contributed by atoms with Gasteiger partial charge in [-0.3, -0.25) is 4.79 Å². The van der Waals surface area contributed by atoms with Crippen molar-refractivity contribution in [3.05, 3.63) is 72.6 Å². The molecule has 1 fully saturated rings. The van der Waals surface area contributed by atoms with E-state index in [9.17, 15) is 13.2 Å². The first-order chi connectivity index (χ1) is 15.0. The van der Waals surface area contributed by atoms with E-state index in [1.165, 1.54) is 4.31 Å². The summed E-state index contributed by atoms with van der Waals surface area (Å²) in [5.74, 6) is 0.528.